The van der Waals surface area contributed by atoms with Gasteiger partial charge >= 0.3 is 0 Å². The molecule has 0 aliphatic heterocycles. The van der Waals surface area contributed by atoms with Gasteiger partial charge in [0.1, 0.15) is 11.6 Å². The zero-order valence-electron chi connectivity index (χ0n) is 20.4. The molecule has 0 aliphatic carbocycles. The van der Waals surface area contributed by atoms with Crippen molar-refractivity contribution in [1.82, 2.24) is 19.9 Å². The number of aryl methyl sites for hydroxylation is 4. The number of benzene rings is 3. The summed E-state index contributed by atoms with van der Waals surface area (Å²) in [6.45, 7) is 8.01. The summed E-state index contributed by atoms with van der Waals surface area (Å²) in [6.07, 6.45) is 1.80. The molecular weight excluding hydrogens is 688 g/mol. The van der Waals surface area contributed by atoms with E-state index in [1.54, 1.807) is 6.20 Å². The fourth-order valence-corrected chi connectivity index (χ4v) is 4.91. The number of hydrogen-bond acceptors (Lipinski definition) is 4. The fraction of sp³-hybridized carbons (Fsp3) is 0.133. The molecule has 0 unspecified atom stereocenters. The van der Waals surface area contributed by atoms with Gasteiger partial charge in [-0.1, -0.05) is 97.3 Å². The van der Waals surface area contributed by atoms with E-state index in [0.717, 1.165) is 32.4 Å². The molecule has 0 fully saturated rings. The zero-order chi connectivity index (χ0) is 24.5. The molecular formula is C30H24BrIrN4-. The van der Waals surface area contributed by atoms with Gasteiger partial charge in [0.25, 0.3) is 0 Å². The molecule has 36 heavy (non-hydrogen) atoms. The van der Waals surface area contributed by atoms with E-state index >= 15 is 0 Å². The summed E-state index contributed by atoms with van der Waals surface area (Å²) in [5.41, 5.74) is 9.81. The third kappa shape index (κ3) is 5.51. The molecule has 4 nitrogen and oxygen atoms in total. The Morgan fingerprint density at radius 2 is 1.36 bits per heavy atom. The molecule has 2 aromatic heterocycles. The predicted octanol–water partition coefficient (Wildman–Crippen LogP) is 7.73. The minimum Gasteiger partial charge on any atom is -0.304 e. The van der Waals surface area contributed by atoms with Crippen molar-refractivity contribution < 1.29 is 20.1 Å². The van der Waals surface area contributed by atoms with Crippen LogP contribution in [0, 0.1) is 33.8 Å². The molecule has 3 aromatic carbocycles. The van der Waals surface area contributed by atoms with Crippen molar-refractivity contribution in [3.8, 4) is 44.9 Å². The number of halogens is 1. The number of rotatable bonds is 4. The van der Waals surface area contributed by atoms with Gasteiger partial charge in [-0.25, -0.2) is 15.0 Å². The Labute approximate surface area is 233 Å². The molecule has 0 N–H and O–H groups in total. The first-order valence-corrected chi connectivity index (χ1v) is 12.2. The van der Waals surface area contributed by atoms with Gasteiger partial charge in [0, 0.05) is 31.9 Å². The summed E-state index contributed by atoms with van der Waals surface area (Å²) in [6, 6.07) is 26.7. The maximum Gasteiger partial charge on any atom is 0.164 e. The molecule has 0 atom stereocenters. The maximum atomic E-state index is 4.66. The first kappa shape index (κ1) is 26.0. The van der Waals surface area contributed by atoms with Crippen molar-refractivity contribution in [2.24, 2.45) is 0 Å². The van der Waals surface area contributed by atoms with E-state index in [1.165, 1.54) is 22.3 Å². The van der Waals surface area contributed by atoms with Gasteiger partial charge in [-0.2, -0.15) is 0 Å². The van der Waals surface area contributed by atoms with Gasteiger partial charge < -0.3 is 4.98 Å². The molecule has 6 heteroatoms. The smallest absolute Gasteiger partial charge is 0.164 e. The molecule has 5 rings (SSSR count). The molecule has 5 aromatic rings. The van der Waals surface area contributed by atoms with Crippen molar-refractivity contribution in [2.75, 3.05) is 0 Å². The number of hydrogen-bond donors (Lipinski definition) is 0. The monoisotopic (exact) mass is 712 g/mol. The van der Waals surface area contributed by atoms with Crippen molar-refractivity contribution in [1.29, 1.82) is 0 Å². The van der Waals surface area contributed by atoms with Crippen LogP contribution >= 0.6 is 15.9 Å². The summed E-state index contributed by atoms with van der Waals surface area (Å²) >= 11 is 3.81. The van der Waals surface area contributed by atoms with Crippen LogP contribution in [-0.2, 0) is 20.1 Å². The summed E-state index contributed by atoms with van der Waals surface area (Å²) in [5, 5.41) is 0. The first-order chi connectivity index (χ1) is 16.9. The third-order valence-electron chi connectivity index (χ3n) is 5.81. The van der Waals surface area contributed by atoms with Gasteiger partial charge in [0.2, 0.25) is 0 Å². The Morgan fingerprint density at radius 3 is 1.97 bits per heavy atom. The van der Waals surface area contributed by atoms with Crippen molar-refractivity contribution in [3.05, 3.63) is 106 Å². The molecule has 2 heterocycles. The summed E-state index contributed by atoms with van der Waals surface area (Å²) in [7, 11) is 0. The summed E-state index contributed by atoms with van der Waals surface area (Å²) in [4.78, 5) is 17.8. The minimum absolute atomic E-state index is 0. The van der Waals surface area contributed by atoms with E-state index in [4.69, 9.17) is 0 Å². The van der Waals surface area contributed by atoms with Gasteiger partial charge in [-0.15, -0.1) is 23.8 Å². The van der Waals surface area contributed by atoms with Gasteiger partial charge in [0.05, 0.1) is 0 Å². The SMILES string of the molecule is Cc1cc(C)cc(-c2ccccc2-c2c[c-]c(-c3ccc(-c4nc(C)nc(C)n4)cn3)cc2Br)c1.[Ir]. The van der Waals surface area contributed by atoms with Gasteiger partial charge in [-0.3, -0.25) is 0 Å². The van der Waals surface area contributed by atoms with Gasteiger partial charge in [-0.05, 0) is 44.5 Å². The average molecular weight is 713 g/mol. The Bertz CT molecular complexity index is 1510. The van der Waals surface area contributed by atoms with Crippen LogP contribution < -0.4 is 0 Å². The standard InChI is InChI=1S/C30H24BrN4.Ir/c1-18-13-19(2)15-24(14-18)25-7-5-6-8-26(25)27-11-9-22(16-28(27)31)29-12-10-23(17-32-29)30-34-20(3)33-21(4)35-30;/h5-8,10-17H,1-4H3;/q-1;. The molecule has 0 saturated heterocycles. The molecule has 181 valence electrons. The quantitative estimate of drug-likeness (QED) is 0.179. The minimum atomic E-state index is 0. The molecule has 1 radical (unpaired) electrons. The second-order valence-electron chi connectivity index (χ2n) is 8.72. The summed E-state index contributed by atoms with van der Waals surface area (Å²) < 4.78 is 0.998. The molecule has 0 bridgehead atoms. The Balaban J connectivity index is 0.00000304. The van der Waals surface area contributed by atoms with E-state index in [2.05, 4.69) is 104 Å². The third-order valence-corrected chi connectivity index (χ3v) is 6.46. The van der Waals surface area contributed by atoms with Crippen molar-refractivity contribution in [3.63, 3.8) is 0 Å². The van der Waals surface area contributed by atoms with Crippen LogP contribution in [0.4, 0.5) is 0 Å². The fourth-order valence-electron chi connectivity index (χ4n) is 4.35. The Kier molecular flexibility index (Phi) is 7.89. The summed E-state index contributed by atoms with van der Waals surface area (Å²) in [5.74, 6) is 2.04. The Morgan fingerprint density at radius 1 is 0.694 bits per heavy atom. The van der Waals surface area contributed by atoms with Crippen LogP contribution in [0.15, 0.2) is 77.4 Å². The van der Waals surface area contributed by atoms with Crippen LogP contribution in [0.3, 0.4) is 0 Å². The number of pyridine rings is 1. The van der Waals surface area contributed by atoms with Crippen LogP contribution in [0.25, 0.3) is 44.9 Å². The van der Waals surface area contributed by atoms with Crippen LogP contribution in [0.1, 0.15) is 22.8 Å². The number of nitrogens with zero attached hydrogens (tertiary/aromatic N) is 4. The molecule has 0 spiro atoms. The van der Waals surface area contributed by atoms with E-state index < -0.39 is 0 Å². The largest absolute Gasteiger partial charge is 0.304 e. The van der Waals surface area contributed by atoms with Crippen LogP contribution in [-0.4, -0.2) is 19.9 Å². The second-order valence-corrected chi connectivity index (χ2v) is 9.57. The molecule has 0 aliphatic rings. The predicted molar refractivity (Wildman–Crippen MR) is 145 cm³/mol. The van der Waals surface area contributed by atoms with E-state index in [-0.39, 0.29) is 20.1 Å². The molecule has 0 saturated carbocycles. The Hall–Kier alpha value is -3.05. The van der Waals surface area contributed by atoms with E-state index in [1.807, 2.05) is 32.0 Å². The normalized spacial score (nSPS) is 10.7. The maximum absolute atomic E-state index is 4.66. The van der Waals surface area contributed by atoms with Crippen LogP contribution in [0.5, 0.6) is 0 Å². The van der Waals surface area contributed by atoms with Crippen molar-refractivity contribution >= 4 is 15.9 Å². The first-order valence-electron chi connectivity index (χ1n) is 11.4. The molecule has 0 amide bonds. The number of aromatic nitrogens is 4. The topological polar surface area (TPSA) is 51.6 Å². The zero-order valence-corrected chi connectivity index (χ0v) is 24.4. The second kappa shape index (κ2) is 10.9. The average Bonchev–Trinajstić information content (AvgIpc) is 2.83. The van der Waals surface area contributed by atoms with Crippen LogP contribution in [0.2, 0.25) is 0 Å². The van der Waals surface area contributed by atoms with Gasteiger partial charge in [0.15, 0.2) is 5.82 Å². The van der Waals surface area contributed by atoms with E-state index in [9.17, 15) is 0 Å². The van der Waals surface area contributed by atoms with E-state index in [0.29, 0.717) is 17.5 Å². The van der Waals surface area contributed by atoms with Crippen molar-refractivity contribution in [2.45, 2.75) is 27.7 Å².